The maximum absolute atomic E-state index is 5.79. The van der Waals surface area contributed by atoms with Crippen LogP contribution in [0.5, 0.6) is 0 Å². The van der Waals surface area contributed by atoms with E-state index in [2.05, 4.69) is 20.8 Å². The maximum atomic E-state index is 5.79. The van der Waals surface area contributed by atoms with Gasteiger partial charge in [0.1, 0.15) is 0 Å². The molecule has 72 valence electrons. The molecule has 12 heavy (non-hydrogen) atoms. The molecule has 0 radical (unpaired) electrons. The van der Waals surface area contributed by atoms with Gasteiger partial charge in [0.25, 0.3) is 0 Å². The number of hydrogen-bond acceptors (Lipinski definition) is 1. The molecule has 0 aromatic carbocycles. The molecule has 0 amide bonds. The molecule has 0 N–H and O–H groups in total. The Labute approximate surface area is 76.5 Å². The van der Waals surface area contributed by atoms with Crippen LogP contribution in [-0.2, 0) is 4.74 Å². The van der Waals surface area contributed by atoms with E-state index in [9.17, 15) is 0 Å². The van der Waals surface area contributed by atoms with Gasteiger partial charge in [-0.3, -0.25) is 0 Å². The van der Waals surface area contributed by atoms with Crippen molar-refractivity contribution >= 4 is 0 Å². The second-order valence-electron chi connectivity index (χ2n) is 4.61. The molecule has 0 aliphatic heterocycles. The Balaban J connectivity index is 2.09. The monoisotopic (exact) mass is 170 g/mol. The lowest BCUT2D eigenvalue weighted by molar-refractivity contribution is 0.00612. The van der Waals surface area contributed by atoms with Gasteiger partial charge in [-0.25, -0.2) is 0 Å². The highest BCUT2D eigenvalue weighted by Crippen LogP contribution is 2.25. The number of hydrogen-bond donors (Lipinski definition) is 0. The molecule has 1 nitrogen and oxygen atoms in total. The molecule has 0 aromatic rings. The molecular formula is C11H22O. The third kappa shape index (κ3) is 3.57. The molecule has 0 aromatic heterocycles. The zero-order valence-electron chi connectivity index (χ0n) is 8.68. The van der Waals surface area contributed by atoms with E-state index in [4.69, 9.17) is 4.74 Å². The summed E-state index contributed by atoms with van der Waals surface area (Å²) >= 11 is 0. The maximum Gasteiger partial charge on any atom is 0.0575 e. The van der Waals surface area contributed by atoms with Crippen molar-refractivity contribution in [2.45, 2.75) is 52.6 Å². The van der Waals surface area contributed by atoms with Gasteiger partial charge in [0, 0.05) is 6.61 Å². The van der Waals surface area contributed by atoms with Gasteiger partial charge in [-0.1, -0.05) is 20.8 Å². The fourth-order valence-electron chi connectivity index (χ4n) is 1.72. The van der Waals surface area contributed by atoms with Crippen LogP contribution in [0.3, 0.4) is 0 Å². The van der Waals surface area contributed by atoms with Gasteiger partial charge in [-0.05, 0) is 37.5 Å². The Hall–Kier alpha value is -0.0400. The summed E-state index contributed by atoms with van der Waals surface area (Å²) in [6.45, 7) is 7.72. The van der Waals surface area contributed by atoms with Gasteiger partial charge in [0.2, 0.25) is 0 Å². The molecule has 1 saturated carbocycles. The van der Waals surface area contributed by atoms with Gasteiger partial charge < -0.3 is 4.74 Å². The lowest BCUT2D eigenvalue weighted by Gasteiger charge is -2.26. The lowest BCUT2D eigenvalue weighted by atomic mass is 9.89. The van der Waals surface area contributed by atoms with Crippen molar-refractivity contribution in [3.8, 4) is 0 Å². The van der Waals surface area contributed by atoms with Crippen molar-refractivity contribution in [2.24, 2.45) is 11.8 Å². The highest BCUT2D eigenvalue weighted by molar-refractivity contribution is 4.69. The van der Waals surface area contributed by atoms with E-state index < -0.39 is 0 Å². The highest BCUT2D eigenvalue weighted by atomic mass is 16.5. The second kappa shape index (κ2) is 4.86. The first kappa shape index (κ1) is 10.0. The predicted molar refractivity (Wildman–Crippen MR) is 52.2 cm³/mol. The quantitative estimate of drug-likeness (QED) is 0.632. The molecular weight excluding hydrogens is 148 g/mol. The standard InChI is InChI=1S/C11H22O/c1-9(2)8-12-11-6-4-10(3)5-7-11/h9-11H,4-8H2,1-3H3/t10-,11-. The summed E-state index contributed by atoms with van der Waals surface area (Å²) in [6, 6.07) is 0. The van der Waals surface area contributed by atoms with Crippen molar-refractivity contribution in [2.75, 3.05) is 6.61 Å². The Morgan fingerprint density at radius 2 is 1.75 bits per heavy atom. The average molecular weight is 170 g/mol. The zero-order chi connectivity index (χ0) is 8.97. The van der Waals surface area contributed by atoms with E-state index in [-0.39, 0.29) is 0 Å². The third-order valence-corrected chi connectivity index (χ3v) is 2.63. The first-order valence-corrected chi connectivity index (χ1v) is 5.30. The Morgan fingerprint density at radius 1 is 1.17 bits per heavy atom. The van der Waals surface area contributed by atoms with Crippen LogP contribution >= 0.6 is 0 Å². The predicted octanol–water partition coefficient (Wildman–Crippen LogP) is 3.24. The first-order valence-electron chi connectivity index (χ1n) is 5.30. The van der Waals surface area contributed by atoms with Gasteiger partial charge >= 0.3 is 0 Å². The van der Waals surface area contributed by atoms with Gasteiger partial charge in [-0.2, -0.15) is 0 Å². The van der Waals surface area contributed by atoms with Gasteiger partial charge in [0.15, 0.2) is 0 Å². The van der Waals surface area contributed by atoms with Crippen LogP contribution in [0.4, 0.5) is 0 Å². The molecule has 0 atom stereocenters. The van der Waals surface area contributed by atoms with Gasteiger partial charge in [0.05, 0.1) is 6.10 Å². The molecule has 1 fully saturated rings. The summed E-state index contributed by atoms with van der Waals surface area (Å²) in [5, 5.41) is 0. The van der Waals surface area contributed by atoms with E-state index in [1.165, 1.54) is 25.7 Å². The van der Waals surface area contributed by atoms with E-state index in [1.54, 1.807) is 0 Å². The molecule has 0 saturated heterocycles. The lowest BCUT2D eigenvalue weighted by Crippen LogP contribution is -2.22. The highest BCUT2D eigenvalue weighted by Gasteiger charge is 2.18. The largest absolute Gasteiger partial charge is 0.378 e. The zero-order valence-corrected chi connectivity index (χ0v) is 8.68. The minimum atomic E-state index is 0.573. The number of rotatable bonds is 3. The Morgan fingerprint density at radius 3 is 2.25 bits per heavy atom. The van der Waals surface area contributed by atoms with Gasteiger partial charge in [-0.15, -0.1) is 0 Å². The van der Waals surface area contributed by atoms with Crippen LogP contribution in [0.15, 0.2) is 0 Å². The summed E-state index contributed by atoms with van der Waals surface area (Å²) in [5.74, 6) is 1.62. The van der Waals surface area contributed by atoms with Crippen LogP contribution in [0.1, 0.15) is 46.5 Å². The van der Waals surface area contributed by atoms with Crippen molar-refractivity contribution in [1.29, 1.82) is 0 Å². The van der Waals surface area contributed by atoms with Crippen LogP contribution in [-0.4, -0.2) is 12.7 Å². The second-order valence-corrected chi connectivity index (χ2v) is 4.61. The van der Waals surface area contributed by atoms with Crippen molar-refractivity contribution in [3.05, 3.63) is 0 Å². The normalized spacial score (nSPS) is 31.0. The topological polar surface area (TPSA) is 9.23 Å². The molecule has 0 unspecified atom stereocenters. The summed E-state index contributed by atoms with van der Waals surface area (Å²) in [7, 11) is 0. The minimum absolute atomic E-state index is 0.573. The minimum Gasteiger partial charge on any atom is -0.378 e. The molecule has 1 aliphatic rings. The molecule has 1 rings (SSSR count). The Kier molecular flexibility index (Phi) is 4.07. The smallest absolute Gasteiger partial charge is 0.0575 e. The first-order chi connectivity index (χ1) is 5.68. The van der Waals surface area contributed by atoms with E-state index in [1.807, 2.05) is 0 Å². The van der Waals surface area contributed by atoms with Crippen LogP contribution in [0.25, 0.3) is 0 Å². The summed E-state index contributed by atoms with van der Waals surface area (Å²) in [6.07, 6.45) is 5.87. The fraction of sp³-hybridized carbons (Fsp3) is 1.00. The van der Waals surface area contributed by atoms with E-state index in [0.717, 1.165) is 12.5 Å². The molecule has 0 bridgehead atoms. The van der Waals surface area contributed by atoms with Crippen molar-refractivity contribution < 1.29 is 4.74 Å². The van der Waals surface area contributed by atoms with Crippen molar-refractivity contribution in [3.63, 3.8) is 0 Å². The van der Waals surface area contributed by atoms with Crippen LogP contribution in [0.2, 0.25) is 0 Å². The van der Waals surface area contributed by atoms with Crippen LogP contribution in [0, 0.1) is 11.8 Å². The fourth-order valence-corrected chi connectivity index (χ4v) is 1.72. The summed E-state index contributed by atoms with van der Waals surface area (Å²) < 4.78 is 5.79. The molecule has 0 spiro atoms. The third-order valence-electron chi connectivity index (χ3n) is 2.63. The summed E-state index contributed by atoms with van der Waals surface area (Å²) in [5.41, 5.74) is 0. The molecule has 1 aliphatic carbocycles. The average Bonchev–Trinajstić information content (AvgIpc) is 2.03. The SMILES string of the molecule is CC(C)CO[C@H]1CC[C@H](C)CC1. The van der Waals surface area contributed by atoms with E-state index in [0.29, 0.717) is 12.0 Å². The molecule has 0 heterocycles. The van der Waals surface area contributed by atoms with E-state index >= 15 is 0 Å². The van der Waals surface area contributed by atoms with Crippen molar-refractivity contribution in [1.82, 2.24) is 0 Å². The number of ether oxygens (including phenoxy) is 1. The summed E-state index contributed by atoms with van der Waals surface area (Å²) in [4.78, 5) is 0. The Bertz CT molecular complexity index is 112. The molecule has 1 heteroatoms. The van der Waals surface area contributed by atoms with Crippen LogP contribution < -0.4 is 0 Å².